The molecule has 16 heavy (non-hydrogen) atoms. The van der Waals surface area contributed by atoms with Gasteiger partial charge in [0.15, 0.2) is 0 Å². The number of nitrogens with two attached hydrogens (primary N) is 1. The standard InChI is InChI=1S/C12H17BrN2O/c1-2-3-12(16)15(9-8-14)11-6-4-10(13)5-7-11/h4-7H,2-3,8-9,14H2,1H3. The summed E-state index contributed by atoms with van der Waals surface area (Å²) in [4.78, 5) is 13.6. The van der Waals surface area contributed by atoms with E-state index in [0.717, 1.165) is 16.6 Å². The van der Waals surface area contributed by atoms with E-state index in [0.29, 0.717) is 19.5 Å². The molecule has 0 aliphatic carbocycles. The molecule has 3 nitrogen and oxygen atoms in total. The van der Waals surface area contributed by atoms with Gasteiger partial charge in [0.2, 0.25) is 5.91 Å². The lowest BCUT2D eigenvalue weighted by Crippen LogP contribution is -2.35. The molecule has 1 aromatic carbocycles. The van der Waals surface area contributed by atoms with Crippen LogP contribution in [0.25, 0.3) is 0 Å². The van der Waals surface area contributed by atoms with Crippen molar-refractivity contribution in [2.45, 2.75) is 19.8 Å². The third-order valence-corrected chi connectivity index (χ3v) is 2.78. The lowest BCUT2D eigenvalue weighted by atomic mass is 10.2. The number of anilines is 1. The van der Waals surface area contributed by atoms with E-state index in [1.165, 1.54) is 0 Å². The molecule has 88 valence electrons. The lowest BCUT2D eigenvalue weighted by molar-refractivity contribution is -0.118. The number of carbonyl (C=O) groups excluding carboxylic acids is 1. The maximum atomic E-state index is 11.9. The van der Waals surface area contributed by atoms with Crippen molar-refractivity contribution in [3.63, 3.8) is 0 Å². The van der Waals surface area contributed by atoms with Gasteiger partial charge >= 0.3 is 0 Å². The Morgan fingerprint density at radius 1 is 1.38 bits per heavy atom. The molecular formula is C12H17BrN2O. The van der Waals surface area contributed by atoms with Crippen molar-refractivity contribution in [1.82, 2.24) is 0 Å². The number of hydrogen-bond acceptors (Lipinski definition) is 2. The van der Waals surface area contributed by atoms with E-state index >= 15 is 0 Å². The average molecular weight is 285 g/mol. The molecule has 1 aromatic rings. The van der Waals surface area contributed by atoms with Gasteiger partial charge in [0.05, 0.1) is 0 Å². The van der Waals surface area contributed by atoms with Gasteiger partial charge in [0.25, 0.3) is 0 Å². The Bertz CT molecular complexity index is 337. The van der Waals surface area contributed by atoms with Crippen LogP contribution in [0.3, 0.4) is 0 Å². The van der Waals surface area contributed by atoms with Gasteiger partial charge in [-0.15, -0.1) is 0 Å². The normalized spacial score (nSPS) is 10.2. The third kappa shape index (κ3) is 3.61. The monoisotopic (exact) mass is 284 g/mol. The van der Waals surface area contributed by atoms with Crippen LogP contribution < -0.4 is 10.6 Å². The van der Waals surface area contributed by atoms with E-state index in [9.17, 15) is 4.79 Å². The minimum absolute atomic E-state index is 0.135. The Morgan fingerprint density at radius 2 is 2.00 bits per heavy atom. The van der Waals surface area contributed by atoms with Gasteiger partial charge in [0.1, 0.15) is 0 Å². The third-order valence-electron chi connectivity index (χ3n) is 2.26. The summed E-state index contributed by atoms with van der Waals surface area (Å²) < 4.78 is 1.01. The van der Waals surface area contributed by atoms with E-state index in [2.05, 4.69) is 15.9 Å². The fourth-order valence-electron chi connectivity index (χ4n) is 1.50. The number of carbonyl (C=O) groups is 1. The molecule has 0 bridgehead atoms. The summed E-state index contributed by atoms with van der Waals surface area (Å²) in [5.74, 6) is 0.135. The molecule has 4 heteroatoms. The van der Waals surface area contributed by atoms with Crippen molar-refractivity contribution in [2.75, 3.05) is 18.0 Å². The second-order valence-electron chi connectivity index (χ2n) is 3.56. The minimum atomic E-state index is 0.135. The fraction of sp³-hybridized carbons (Fsp3) is 0.417. The molecule has 1 amide bonds. The number of benzene rings is 1. The Kier molecular flexibility index (Phi) is 5.49. The van der Waals surface area contributed by atoms with Crippen LogP contribution in [0.2, 0.25) is 0 Å². The first-order valence-electron chi connectivity index (χ1n) is 5.45. The van der Waals surface area contributed by atoms with E-state index < -0.39 is 0 Å². The van der Waals surface area contributed by atoms with Crippen LogP contribution in [0.1, 0.15) is 19.8 Å². The highest BCUT2D eigenvalue weighted by Gasteiger charge is 2.13. The topological polar surface area (TPSA) is 46.3 Å². The average Bonchev–Trinajstić information content (AvgIpc) is 2.28. The van der Waals surface area contributed by atoms with Gasteiger partial charge in [-0.2, -0.15) is 0 Å². The van der Waals surface area contributed by atoms with E-state index in [4.69, 9.17) is 5.73 Å². The molecule has 1 rings (SSSR count). The Labute approximate surface area is 105 Å². The summed E-state index contributed by atoms with van der Waals surface area (Å²) in [6.07, 6.45) is 1.42. The quantitative estimate of drug-likeness (QED) is 0.903. The summed E-state index contributed by atoms with van der Waals surface area (Å²) in [6.45, 7) is 3.05. The van der Waals surface area contributed by atoms with Crippen LogP contribution in [0.15, 0.2) is 28.7 Å². The molecule has 2 N–H and O–H groups in total. The highest BCUT2D eigenvalue weighted by atomic mass is 79.9. The minimum Gasteiger partial charge on any atom is -0.329 e. The molecule has 0 radical (unpaired) electrons. The smallest absolute Gasteiger partial charge is 0.227 e. The number of halogens is 1. The predicted octanol–water partition coefficient (Wildman–Crippen LogP) is 2.54. The van der Waals surface area contributed by atoms with Crippen LogP contribution in [-0.4, -0.2) is 19.0 Å². The van der Waals surface area contributed by atoms with Gasteiger partial charge < -0.3 is 10.6 Å². The molecule has 0 aliphatic heterocycles. The van der Waals surface area contributed by atoms with Crippen molar-refractivity contribution in [1.29, 1.82) is 0 Å². The Hall–Kier alpha value is -0.870. The molecule has 0 unspecified atom stereocenters. The highest BCUT2D eigenvalue weighted by Crippen LogP contribution is 2.19. The molecule has 0 saturated heterocycles. The summed E-state index contributed by atoms with van der Waals surface area (Å²) in [5, 5.41) is 0. The van der Waals surface area contributed by atoms with Crippen molar-refractivity contribution in [3.05, 3.63) is 28.7 Å². The molecule has 0 heterocycles. The van der Waals surface area contributed by atoms with Crippen molar-refractivity contribution < 1.29 is 4.79 Å². The van der Waals surface area contributed by atoms with E-state index in [1.807, 2.05) is 31.2 Å². The highest BCUT2D eigenvalue weighted by molar-refractivity contribution is 9.10. The van der Waals surface area contributed by atoms with E-state index in [-0.39, 0.29) is 5.91 Å². The number of hydrogen-bond donors (Lipinski definition) is 1. The number of amides is 1. The summed E-state index contributed by atoms with van der Waals surface area (Å²) >= 11 is 3.37. The SMILES string of the molecule is CCCC(=O)N(CCN)c1ccc(Br)cc1. The molecular weight excluding hydrogens is 268 g/mol. The van der Waals surface area contributed by atoms with E-state index in [1.54, 1.807) is 4.90 Å². The first kappa shape index (κ1) is 13.2. The van der Waals surface area contributed by atoms with Crippen LogP contribution in [-0.2, 0) is 4.79 Å². The molecule has 0 saturated carbocycles. The zero-order valence-electron chi connectivity index (χ0n) is 9.45. The van der Waals surface area contributed by atoms with Gasteiger partial charge in [-0.05, 0) is 30.7 Å². The van der Waals surface area contributed by atoms with Crippen LogP contribution in [0, 0.1) is 0 Å². The first-order valence-corrected chi connectivity index (χ1v) is 6.24. The van der Waals surface area contributed by atoms with Gasteiger partial charge in [0, 0.05) is 29.7 Å². The maximum absolute atomic E-state index is 11.9. The summed E-state index contributed by atoms with van der Waals surface area (Å²) in [5.41, 5.74) is 6.44. The molecule has 0 aliphatic rings. The maximum Gasteiger partial charge on any atom is 0.227 e. The molecule has 0 aromatic heterocycles. The Morgan fingerprint density at radius 3 is 2.50 bits per heavy atom. The summed E-state index contributed by atoms with van der Waals surface area (Å²) in [6, 6.07) is 7.71. The Balaban J connectivity index is 2.84. The largest absolute Gasteiger partial charge is 0.329 e. The van der Waals surface area contributed by atoms with Gasteiger partial charge in [-0.1, -0.05) is 22.9 Å². The van der Waals surface area contributed by atoms with Crippen LogP contribution in [0.4, 0.5) is 5.69 Å². The zero-order valence-corrected chi connectivity index (χ0v) is 11.0. The zero-order chi connectivity index (χ0) is 12.0. The van der Waals surface area contributed by atoms with Crippen molar-refractivity contribution in [3.8, 4) is 0 Å². The molecule has 0 spiro atoms. The second-order valence-corrected chi connectivity index (χ2v) is 4.48. The van der Waals surface area contributed by atoms with Crippen molar-refractivity contribution >= 4 is 27.5 Å². The van der Waals surface area contributed by atoms with Gasteiger partial charge in [-0.25, -0.2) is 0 Å². The van der Waals surface area contributed by atoms with Crippen LogP contribution in [0.5, 0.6) is 0 Å². The lowest BCUT2D eigenvalue weighted by Gasteiger charge is -2.22. The fourth-order valence-corrected chi connectivity index (χ4v) is 1.76. The first-order chi connectivity index (χ1) is 7.69. The molecule has 0 fully saturated rings. The van der Waals surface area contributed by atoms with Crippen molar-refractivity contribution in [2.24, 2.45) is 5.73 Å². The number of nitrogens with zero attached hydrogens (tertiary/aromatic N) is 1. The second kappa shape index (κ2) is 6.66. The number of rotatable bonds is 5. The van der Waals surface area contributed by atoms with Crippen LogP contribution >= 0.6 is 15.9 Å². The summed E-state index contributed by atoms with van der Waals surface area (Å²) in [7, 11) is 0. The van der Waals surface area contributed by atoms with Gasteiger partial charge in [-0.3, -0.25) is 4.79 Å². The molecule has 0 atom stereocenters. The predicted molar refractivity (Wildman–Crippen MR) is 70.5 cm³/mol.